The van der Waals surface area contributed by atoms with Gasteiger partial charge in [-0.2, -0.15) is 0 Å². The highest BCUT2D eigenvalue weighted by Crippen LogP contribution is 2.24. The maximum absolute atomic E-state index is 12.5. The zero-order valence-corrected chi connectivity index (χ0v) is 14.3. The van der Waals surface area contributed by atoms with Gasteiger partial charge in [0.05, 0.1) is 7.11 Å². The summed E-state index contributed by atoms with van der Waals surface area (Å²) in [6.07, 6.45) is 1.94. The summed E-state index contributed by atoms with van der Waals surface area (Å²) < 4.78 is 38.0. The fraction of sp³-hybridized carbons (Fsp3) is 0.235. The van der Waals surface area contributed by atoms with Gasteiger partial charge in [0, 0.05) is 6.54 Å². The zero-order valence-electron chi connectivity index (χ0n) is 13.4. The van der Waals surface area contributed by atoms with Gasteiger partial charge in [-0.3, -0.25) is 0 Å². The molecule has 0 aliphatic heterocycles. The summed E-state index contributed by atoms with van der Waals surface area (Å²) >= 11 is 0. The van der Waals surface area contributed by atoms with Crippen molar-refractivity contribution in [1.29, 1.82) is 0 Å². The Morgan fingerprint density at radius 2 is 2.04 bits per heavy atom. The average molecular weight is 346 g/mol. The zero-order chi connectivity index (χ0) is 17.2. The van der Waals surface area contributed by atoms with Gasteiger partial charge in [-0.05, 0) is 48.7 Å². The molecule has 126 valence electrons. The molecule has 24 heavy (non-hydrogen) atoms. The van der Waals surface area contributed by atoms with Gasteiger partial charge >= 0.3 is 0 Å². The van der Waals surface area contributed by atoms with Crippen LogP contribution in [-0.4, -0.2) is 27.1 Å². The first-order valence-corrected chi connectivity index (χ1v) is 8.94. The summed E-state index contributed by atoms with van der Waals surface area (Å²) in [5.41, 5.74) is 3.30. The summed E-state index contributed by atoms with van der Waals surface area (Å²) in [6.45, 7) is 2.12. The van der Waals surface area contributed by atoms with Crippen molar-refractivity contribution in [2.45, 2.75) is 18.2 Å². The van der Waals surface area contributed by atoms with Crippen molar-refractivity contribution >= 4 is 21.1 Å². The minimum absolute atomic E-state index is 0.149. The van der Waals surface area contributed by atoms with Crippen molar-refractivity contribution in [3.05, 3.63) is 53.9 Å². The van der Waals surface area contributed by atoms with Gasteiger partial charge in [0.2, 0.25) is 10.0 Å². The molecule has 3 rings (SSSR count). The van der Waals surface area contributed by atoms with E-state index >= 15 is 0 Å². The molecule has 1 N–H and O–H groups in total. The second-order valence-electron chi connectivity index (χ2n) is 5.46. The Labute approximate surface area is 140 Å². The van der Waals surface area contributed by atoms with Crippen LogP contribution in [0.4, 0.5) is 0 Å². The average Bonchev–Trinajstić information content (AvgIpc) is 3.02. The van der Waals surface area contributed by atoms with Crippen LogP contribution in [-0.2, 0) is 16.4 Å². The molecule has 0 saturated carbocycles. The second-order valence-corrected chi connectivity index (χ2v) is 7.19. The lowest BCUT2D eigenvalue weighted by atomic mass is 10.1. The van der Waals surface area contributed by atoms with Crippen LogP contribution in [0.25, 0.3) is 11.1 Å². The molecule has 1 heterocycles. The number of ether oxygens (including phenoxy) is 1. The van der Waals surface area contributed by atoms with Crippen molar-refractivity contribution < 1.29 is 17.6 Å². The quantitative estimate of drug-likeness (QED) is 0.742. The van der Waals surface area contributed by atoms with Crippen LogP contribution in [0.2, 0.25) is 0 Å². The molecule has 6 nitrogen and oxygen atoms in total. The highest BCUT2D eigenvalue weighted by atomic mass is 32.2. The van der Waals surface area contributed by atoms with E-state index in [0.717, 1.165) is 16.6 Å². The third-order valence-corrected chi connectivity index (χ3v) is 5.19. The van der Waals surface area contributed by atoms with Crippen molar-refractivity contribution in [3.63, 3.8) is 0 Å². The van der Waals surface area contributed by atoms with E-state index in [0.29, 0.717) is 17.8 Å². The van der Waals surface area contributed by atoms with Crippen LogP contribution in [0, 0.1) is 6.92 Å². The first-order valence-electron chi connectivity index (χ1n) is 7.46. The van der Waals surface area contributed by atoms with Gasteiger partial charge < -0.3 is 9.15 Å². The largest absolute Gasteiger partial charge is 0.495 e. The van der Waals surface area contributed by atoms with Gasteiger partial charge in [0.1, 0.15) is 16.2 Å². The van der Waals surface area contributed by atoms with Gasteiger partial charge in [-0.25, -0.2) is 18.1 Å². The number of fused-ring (bicyclic) bond motifs is 1. The maximum atomic E-state index is 12.5. The van der Waals surface area contributed by atoms with Crippen molar-refractivity contribution in [1.82, 2.24) is 9.71 Å². The Hall–Kier alpha value is -2.38. The van der Waals surface area contributed by atoms with Gasteiger partial charge in [-0.15, -0.1) is 0 Å². The summed E-state index contributed by atoms with van der Waals surface area (Å²) in [7, 11) is -2.18. The van der Waals surface area contributed by atoms with Crippen molar-refractivity contribution in [3.8, 4) is 5.75 Å². The standard InChI is InChI=1S/C17H18N2O4S/c1-12-3-6-15(22-2)17(9-12)24(20,21)19-8-7-13-4-5-14-16(10-13)23-11-18-14/h3-6,9-11,19H,7-8H2,1-2H3. The molecular formula is C17H18N2O4S. The Balaban J connectivity index is 1.72. The van der Waals surface area contributed by atoms with E-state index < -0.39 is 10.0 Å². The molecule has 0 saturated heterocycles. The topological polar surface area (TPSA) is 81.4 Å². The van der Waals surface area contributed by atoms with Gasteiger partial charge in [0.25, 0.3) is 0 Å². The number of methoxy groups -OCH3 is 1. The predicted molar refractivity (Wildman–Crippen MR) is 90.6 cm³/mol. The van der Waals surface area contributed by atoms with Crippen LogP contribution in [0.3, 0.4) is 0 Å². The second kappa shape index (κ2) is 6.62. The van der Waals surface area contributed by atoms with E-state index in [1.165, 1.54) is 13.5 Å². The summed E-state index contributed by atoms with van der Waals surface area (Å²) in [5, 5.41) is 0. The molecule has 7 heteroatoms. The normalized spacial score (nSPS) is 11.8. The van der Waals surface area contributed by atoms with E-state index in [2.05, 4.69) is 9.71 Å². The SMILES string of the molecule is COc1ccc(C)cc1S(=O)(=O)NCCc1ccc2ncoc2c1. The third kappa shape index (κ3) is 3.42. The van der Waals surface area contributed by atoms with Crippen LogP contribution in [0.1, 0.15) is 11.1 Å². The molecule has 0 aliphatic rings. The fourth-order valence-corrected chi connectivity index (χ4v) is 3.74. The van der Waals surface area contributed by atoms with Crippen LogP contribution >= 0.6 is 0 Å². The van der Waals surface area contributed by atoms with Crippen LogP contribution < -0.4 is 9.46 Å². The highest BCUT2D eigenvalue weighted by Gasteiger charge is 2.19. The Morgan fingerprint density at radius 1 is 1.21 bits per heavy atom. The van der Waals surface area contributed by atoms with Crippen molar-refractivity contribution in [2.24, 2.45) is 0 Å². The van der Waals surface area contributed by atoms with Crippen LogP contribution in [0.5, 0.6) is 5.75 Å². The first kappa shape index (κ1) is 16.5. The van der Waals surface area contributed by atoms with E-state index in [-0.39, 0.29) is 11.4 Å². The maximum Gasteiger partial charge on any atom is 0.244 e. The molecule has 0 unspecified atom stereocenters. The van der Waals surface area contributed by atoms with Gasteiger partial charge in [-0.1, -0.05) is 12.1 Å². The molecule has 0 atom stereocenters. The number of nitrogens with zero attached hydrogens (tertiary/aromatic N) is 1. The lowest BCUT2D eigenvalue weighted by Gasteiger charge is -2.11. The molecule has 0 aliphatic carbocycles. The predicted octanol–water partition coefficient (Wildman–Crippen LogP) is 2.67. The molecule has 2 aromatic carbocycles. The monoisotopic (exact) mass is 346 g/mol. The number of oxazole rings is 1. The fourth-order valence-electron chi connectivity index (χ4n) is 2.46. The molecule has 0 bridgehead atoms. The Bertz CT molecular complexity index is 964. The smallest absolute Gasteiger partial charge is 0.244 e. The number of benzene rings is 2. The van der Waals surface area contributed by atoms with Gasteiger partial charge in [0.15, 0.2) is 12.0 Å². The summed E-state index contributed by atoms with van der Waals surface area (Å²) in [6, 6.07) is 10.7. The number of rotatable bonds is 6. The molecular weight excluding hydrogens is 328 g/mol. The van der Waals surface area contributed by atoms with E-state index in [1.807, 2.05) is 31.2 Å². The molecule has 3 aromatic rings. The molecule has 0 fully saturated rings. The molecule has 1 aromatic heterocycles. The Morgan fingerprint density at radius 3 is 2.83 bits per heavy atom. The van der Waals surface area contributed by atoms with E-state index in [1.54, 1.807) is 12.1 Å². The number of hydrogen-bond donors (Lipinski definition) is 1. The minimum Gasteiger partial charge on any atom is -0.495 e. The number of aromatic nitrogens is 1. The molecule has 0 amide bonds. The summed E-state index contributed by atoms with van der Waals surface area (Å²) in [5.74, 6) is 0.330. The molecule has 0 radical (unpaired) electrons. The van der Waals surface area contributed by atoms with Crippen LogP contribution in [0.15, 0.2) is 52.1 Å². The van der Waals surface area contributed by atoms with E-state index in [4.69, 9.17) is 9.15 Å². The molecule has 0 spiro atoms. The lowest BCUT2D eigenvalue weighted by Crippen LogP contribution is -2.26. The van der Waals surface area contributed by atoms with E-state index in [9.17, 15) is 8.42 Å². The minimum atomic E-state index is -3.64. The highest BCUT2D eigenvalue weighted by molar-refractivity contribution is 7.89. The number of hydrogen-bond acceptors (Lipinski definition) is 5. The summed E-state index contributed by atoms with van der Waals surface area (Å²) in [4.78, 5) is 4.20. The Kier molecular flexibility index (Phi) is 4.55. The lowest BCUT2D eigenvalue weighted by molar-refractivity contribution is 0.402. The number of aryl methyl sites for hydroxylation is 1. The third-order valence-electron chi connectivity index (χ3n) is 3.71. The number of nitrogens with one attached hydrogen (secondary N) is 1. The first-order chi connectivity index (χ1) is 11.5. The number of sulfonamides is 1. The van der Waals surface area contributed by atoms with Crippen molar-refractivity contribution in [2.75, 3.05) is 13.7 Å².